The quantitative estimate of drug-likeness (QED) is 0.758. The molecule has 1 aromatic carbocycles. The van der Waals surface area contributed by atoms with E-state index in [9.17, 15) is 4.79 Å². The summed E-state index contributed by atoms with van der Waals surface area (Å²) in [6.07, 6.45) is 3.01. The van der Waals surface area contributed by atoms with E-state index in [1.807, 2.05) is 59.0 Å². The lowest BCUT2D eigenvalue weighted by Gasteiger charge is -2.20. The number of benzene rings is 1. The molecule has 0 aromatic heterocycles. The fourth-order valence-corrected chi connectivity index (χ4v) is 2.20. The number of hydrogen-bond donors (Lipinski definition) is 2. The van der Waals surface area contributed by atoms with Crippen LogP contribution >= 0.6 is 15.9 Å². The molecule has 1 atom stereocenters. The molecule has 0 aliphatic heterocycles. The fourth-order valence-electron chi connectivity index (χ4n) is 1.71. The number of ether oxygens (including phenoxy) is 1. The average molecular weight is 382 g/mol. The minimum Gasteiger partial charge on any atom is -0.444 e. The zero-order chi connectivity index (χ0) is 17.5. The lowest BCUT2D eigenvalue weighted by molar-refractivity contribution is 0.0522. The fraction of sp³-hybridized carbons (Fsp3) is 0.412. The molecule has 2 N–H and O–H groups in total. The Bertz CT molecular complexity index is 592. The summed E-state index contributed by atoms with van der Waals surface area (Å²) in [7, 11) is 1.81. The Morgan fingerprint density at radius 1 is 1.35 bits per heavy atom. The smallest absolute Gasteiger partial charge is 0.408 e. The predicted octanol–water partition coefficient (Wildman–Crippen LogP) is 3.95. The minimum atomic E-state index is -0.521. The van der Waals surface area contributed by atoms with Crippen molar-refractivity contribution in [1.82, 2.24) is 10.6 Å². The number of alkyl carbamates (subject to hydrolysis) is 1. The molecule has 1 aromatic rings. The van der Waals surface area contributed by atoms with Crippen molar-refractivity contribution in [2.24, 2.45) is 4.99 Å². The maximum atomic E-state index is 11.7. The van der Waals surface area contributed by atoms with E-state index >= 15 is 0 Å². The Morgan fingerprint density at radius 2 is 2.00 bits per heavy atom. The van der Waals surface area contributed by atoms with Gasteiger partial charge >= 0.3 is 6.09 Å². The summed E-state index contributed by atoms with van der Waals surface area (Å²) >= 11 is 3.52. The molecule has 23 heavy (non-hydrogen) atoms. The van der Waals surface area contributed by atoms with Gasteiger partial charge in [-0.3, -0.25) is 4.99 Å². The number of halogens is 1. The number of nitrogens with one attached hydrogen (secondary N) is 2. The Morgan fingerprint density at radius 3 is 2.57 bits per heavy atom. The monoisotopic (exact) mass is 381 g/mol. The molecule has 0 spiro atoms. The van der Waals surface area contributed by atoms with Gasteiger partial charge in [0.05, 0.1) is 11.7 Å². The SMILES string of the molecule is CN/C=C(\N=C[C@H](C)NC(=O)OC(C)(C)C)c1ccccc1Br. The third-order valence-electron chi connectivity index (χ3n) is 2.61. The lowest BCUT2D eigenvalue weighted by Crippen LogP contribution is -2.38. The third kappa shape index (κ3) is 7.32. The van der Waals surface area contributed by atoms with Crippen LogP contribution in [0.3, 0.4) is 0 Å². The van der Waals surface area contributed by atoms with Crippen LogP contribution in [0.15, 0.2) is 39.9 Å². The molecule has 0 saturated carbocycles. The molecule has 0 aliphatic rings. The molecule has 0 radical (unpaired) electrons. The van der Waals surface area contributed by atoms with Crippen molar-refractivity contribution in [3.05, 3.63) is 40.5 Å². The second-order valence-electron chi connectivity index (χ2n) is 6.01. The van der Waals surface area contributed by atoms with E-state index in [0.29, 0.717) is 0 Å². The van der Waals surface area contributed by atoms with Crippen molar-refractivity contribution >= 4 is 33.9 Å². The topological polar surface area (TPSA) is 62.7 Å². The van der Waals surface area contributed by atoms with Crippen molar-refractivity contribution in [3.8, 4) is 0 Å². The van der Waals surface area contributed by atoms with Crippen molar-refractivity contribution in [3.63, 3.8) is 0 Å². The van der Waals surface area contributed by atoms with Crippen LogP contribution in [0, 0.1) is 0 Å². The first kappa shape index (κ1) is 19.2. The normalized spacial score (nSPS) is 13.7. The van der Waals surface area contributed by atoms with Crippen LogP contribution in [-0.4, -0.2) is 31.0 Å². The number of rotatable bonds is 5. The Kier molecular flexibility index (Phi) is 7.29. The summed E-state index contributed by atoms with van der Waals surface area (Å²) in [5, 5.41) is 5.71. The minimum absolute atomic E-state index is 0.257. The largest absolute Gasteiger partial charge is 0.444 e. The van der Waals surface area contributed by atoms with Crippen LogP contribution in [0.4, 0.5) is 4.79 Å². The number of aliphatic imine (C=N–C) groups is 1. The summed E-state index contributed by atoms with van der Waals surface area (Å²) in [5.74, 6) is 0. The van der Waals surface area contributed by atoms with Crippen LogP contribution < -0.4 is 10.6 Å². The second-order valence-corrected chi connectivity index (χ2v) is 6.87. The molecule has 0 unspecified atom stereocenters. The van der Waals surface area contributed by atoms with Gasteiger partial charge in [-0.25, -0.2) is 4.79 Å². The maximum Gasteiger partial charge on any atom is 0.408 e. The van der Waals surface area contributed by atoms with E-state index in [4.69, 9.17) is 4.74 Å². The van der Waals surface area contributed by atoms with Gasteiger partial charge in [-0.15, -0.1) is 0 Å². The van der Waals surface area contributed by atoms with Gasteiger partial charge < -0.3 is 15.4 Å². The zero-order valence-electron chi connectivity index (χ0n) is 14.2. The second kappa shape index (κ2) is 8.72. The molecule has 0 saturated heterocycles. The molecular formula is C17H24BrN3O2. The van der Waals surface area contributed by atoms with Crippen molar-refractivity contribution < 1.29 is 9.53 Å². The maximum absolute atomic E-state index is 11.7. The standard InChI is InChI=1S/C17H24BrN3O2/c1-12(21-16(22)23-17(2,3)4)10-20-15(11-19-5)13-8-6-7-9-14(13)18/h6-12,19H,1-5H3,(H,21,22)/b15-11-,20-10?/t12-/m0/s1. The number of carbonyl (C=O) groups is 1. The highest BCUT2D eigenvalue weighted by Gasteiger charge is 2.17. The van der Waals surface area contributed by atoms with Gasteiger partial charge in [-0.2, -0.15) is 0 Å². The molecule has 0 fully saturated rings. The first-order chi connectivity index (χ1) is 10.7. The summed E-state index contributed by atoms with van der Waals surface area (Å²) in [4.78, 5) is 16.2. The van der Waals surface area contributed by atoms with Crippen molar-refractivity contribution in [1.29, 1.82) is 0 Å². The lowest BCUT2D eigenvalue weighted by atomic mass is 10.2. The Labute approximate surface area is 146 Å². The number of nitrogens with zero attached hydrogens (tertiary/aromatic N) is 1. The molecule has 0 heterocycles. The zero-order valence-corrected chi connectivity index (χ0v) is 15.8. The molecule has 1 amide bonds. The van der Waals surface area contributed by atoms with Crippen LogP contribution in [0.25, 0.3) is 5.70 Å². The van der Waals surface area contributed by atoms with E-state index in [1.54, 1.807) is 12.4 Å². The molecule has 0 bridgehead atoms. The molecule has 1 rings (SSSR count). The summed E-state index contributed by atoms with van der Waals surface area (Å²) in [5.41, 5.74) is 1.20. The van der Waals surface area contributed by atoms with E-state index < -0.39 is 11.7 Å². The van der Waals surface area contributed by atoms with Crippen molar-refractivity contribution in [2.75, 3.05) is 7.05 Å². The van der Waals surface area contributed by atoms with Crippen LogP contribution in [0.5, 0.6) is 0 Å². The van der Waals surface area contributed by atoms with Crippen LogP contribution in [0.2, 0.25) is 0 Å². The summed E-state index contributed by atoms with van der Waals surface area (Å²) < 4.78 is 6.17. The highest BCUT2D eigenvalue weighted by atomic mass is 79.9. The average Bonchev–Trinajstić information content (AvgIpc) is 2.42. The van der Waals surface area contributed by atoms with Gasteiger partial charge in [0, 0.05) is 29.5 Å². The molecule has 126 valence electrons. The summed E-state index contributed by atoms with van der Waals surface area (Å²) in [6, 6.07) is 7.56. The van der Waals surface area contributed by atoms with Gasteiger partial charge in [0.15, 0.2) is 0 Å². The predicted molar refractivity (Wildman–Crippen MR) is 98.5 cm³/mol. The van der Waals surface area contributed by atoms with Gasteiger partial charge in [0.2, 0.25) is 0 Å². The van der Waals surface area contributed by atoms with Crippen molar-refractivity contribution in [2.45, 2.75) is 39.3 Å². The van der Waals surface area contributed by atoms with Gasteiger partial charge in [0.25, 0.3) is 0 Å². The number of amides is 1. The van der Waals surface area contributed by atoms with Crippen LogP contribution in [0.1, 0.15) is 33.3 Å². The molecule has 0 aliphatic carbocycles. The third-order valence-corrected chi connectivity index (χ3v) is 3.30. The number of carbonyl (C=O) groups excluding carboxylic acids is 1. The first-order valence-corrected chi connectivity index (χ1v) is 8.18. The number of hydrogen-bond acceptors (Lipinski definition) is 4. The van der Waals surface area contributed by atoms with Gasteiger partial charge in [-0.05, 0) is 33.8 Å². The Balaban J connectivity index is 2.78. The van der Waals surface area contributed by atoms with Crippen LogP contribution in [-0.2, 0) is 4.74 Å². The van der Waals surface area contributed by atoms with E-state index in [1.165, 1.54) is 0 Å². The van der Waals surface area contributed by atoms with Gasteiger partial charge in [-0.1, -0.05) is 34.1 Å². The van der Waals surface area contributed by atoms with E-state index in [2.05, 4.69) is 31.6 Å². The molecule has 5 nitrogen and oxygen atoms in total. The van der Waals surface area contributed by atoms with E-state index in [0.717, 1.165) is 15.7 Å². The first-order valence-electron chi connectivity index (χ1n) is 7.39. The molecular weight excluding hydrogens is 358 g/mol. The Hall–Kier alpha value is -1.82. The highest BCUT2D eigenvalue weighted by molar-refractivity contribution is 9.10. The van der Waals surface area contributed by atoms with Gasteiger partial charge in [0.1, 0.15) is 5.60 Å². The van der Waals surface area contributed by atoms with E-state index in [-0.39, 0.29) is 6.04 Å². The summed E-state index contributed by atoms with van der Waals surface area (Å²) in [6.45, 7) is 7.31. The molecule has 6 heteroatoms. The highest BCUT2D eigenvalue weighted by Crippen LogP contribution is 2.24.